The summed E-state index contributed by atoms with van der Waals surface area (Å²) in [6.45, 7) is 13.5. The van der Waals surface area contributed by atoms with Crippen LogP contribution in [-0.4, -0.2) is 56.1 Å². The van der Waals surface area contributed by atoms with Crippen LogP contribution < -0.4 is 5.73 Å². The molecule has 0 aliphatic carbocycles. The Kier molecular flexibility index (Phi) is 8.01. The van der Waals surface area contributed by atoms with Gasteiger partial charge in [-0.3, -0.25) is 0 Å². The predicted octanol–water partition coefficient (Wildman–Crippen LogP) is 2.02. The van der Waals surface area contributed by atoms with Crippen LogP contribution in [0.1, 0.15) is 40.5 Å². The molecule has 0 amide bonds. The van der Waals surface area contributed by atoms with Crippen LogP contribution in [0, 0.1) is 5.41 Å². The first-order valence-corrected chi connectivity index (χ1v) is 6.90. The number of nitrogens with two attached hydrogens (primary N) is 1. The van der Waals surface area contributed by atoms with E-state index in [-0.39, 0.29) is 5.41 Å². The topological polar surface area (TPSA) is 32.5 Å². The average molecular weight is 243 g/mol. The fourth-order valence-electron chi connectivity index (χ4n) is 1.75. The molecular formula is C14H33N3. The van der Waals surface area contributed by atoms with Crippen molar-refractivity contribution in [2.45, 2.75) is 46.6 Å². The zero-order chi connectivity index (χ0) is 13.5. The second-order valence-corrected chi connectivity index (χ2v) is 6.41. The van der Waals surface area contributed by atoms with Crippen molar-refractivity contribution in [2.24, 2.45) is 11.1 Å². The summed E-state index contributed by atoms with van der Waals surface area (Å²) in [6, 6.07) is 0.293. The molecule has 0 aliphatic rings. The van der Waals surface area contributed by atoms with Crippen molar-refractivity contribution in [3.05, 3.63) is 0 Å². The van der Waals surface area contributed by atoms with Gasteiger partial charge >= 0.3 is 0 Å². The third-order valence-corrected chi connectivity index (χ3v) is 3.27. The highest BCUT2D eigenvalue weighted by Crippen LogP contribution is 2.19. The van der Waals surface area contributed by atoms with Crippen LogP contribution in [-0.2, 0) is 0 Å². The number of hydrogen-bond acceptors (Lipinski definition) is 3. The lowest BCUT2D eigenvalue weighted by Gasteiger charge is -2.30. The maximum Gasteiger partial charge on any atom is 0.0109 e. The molecule has 3 heteroatoms. The molecule has 0 aliphatic heterocycles. The van der Waals surface area contributed by atoms with Gasteiger partial charge < -0.3 is 15.5 Å². The molecule has 0 spiro atoms. The second kappa shape index (κ2) is 8.06. The van der Waals surface area contributed by atoms with E-state index < -0.39 is 0 Å². The van der Waals surface area contributed by atoms with E-state index in [1.807, 2.05) is 0 Å². The van der Waals surface area contributed by atoms with Crippen molar-refractivity contribution >= 4 is 0 Å². The molecule has 1 unspecified atom stereocenters. The SMILES string of the molecule is CCCN(CCC(N)C(C)(C)C)CCN(C)C. The van der Waals surface area contributed by atoms with Gasteiger partial charge in [0.05, 0.1) is 0 Å². The van der Waals surface area contributed by atoms with E-state index in [9.17, 15) is 0 Å². The molecule has 0 bridgehead atoms. The van der Waals surface area contributed by atoms with Gasteiger partial charge in [-0.05, 0) is 45.4 Å². The lowest BCUT2D eigenvalue weighted by atomic mass is 9.85. The fraction of sp³-hybridized carbons (Fsp3) is 1.00. The van der Waals surface area contributed by atoms with E-state index in [2.05, 4.69) is 51.6 Å². The van der Waals surface area contributed by atoms with Gasteiger partial charge in [-0.2, -0.15) is 0 Å². The molecule has 0 rings (SSSR count). The van der Waals surface area contributed by atoms with E-state index in [1.165, 1.54) is 13.0 Å². The monoisotopic (exact) mass is 243 g/mol. The third kappa shape index (κ3) is 8.58. The van der Waals surface area contributed by atoms with Gasteiger partial charge in [0.25, 0.3) is 0 Å². The molecule has 0 fully saturated rings. The first-order chi connectivity index (χ1) is 7.77. The highest BCUT2D eigenvalue weighted by Gasteiger charge is 2.20. The molecule has 1 atom stereocenters. The van der Waals surface area contributed by atoms with Gasteiger partial charge in [0.1, 0.15) is 0 Å². The lowest BCUT2D eigenvalue weighted by Crippen LogP contribution is -2.40. The standard InChI is InChI=1S/C14H33N3/c1-7-9-17(12-11-16(5)6)10-8-13(15)14(2,3)4/h13H,7-12,15H2,1-6H3. The van der Waals surface area contributed by atoms with E-state index in [0.717, 1.165) is 26.1 Å². The number of likely N-dealkylation sites (N-methyl/N-ethyl adjacent to an activating group) is 1. The van der Waals surface area contributed by atoms with E-state index in [0.29, 0.717) is 6.04 Å². The van der Waals surface area contributed by atoms with Crippen LogP contribution >= 0.6 is 0 Å². The summed E-state index contributed by atoms with van der Waals surface area (Å²) < 4.78 is 0. The molecule has 17 heavy (non-hydrogen) atoms. The molecule has 0 aromatic carbocycles. The molecule has 0 heterocycles. The van der Waals surface area contributed by atoms with Gasteiger partial charge in [0, 0.05) is 19.1 Å². The summed E-state index contributed by atoms with van der Waals surface area (Å²) in [7, 11) is 4.26. The number of rotatable bonds is 8. The average Bonchev–Trinajstić information content (AvgIpc) is 2.20. The van der Waals surface area contributed by atoms with Gasteiger partial charge in [0.15, 0.2) is 0 Å². The Bertz CT molecular complexity index is 184. The molecule has 0 saturated heterocycles. The summed E-state index contributed by atoms with van der Waals surface area (Å²) in [5.41, 5.74) is 6.44. The summed E-state index contributed by atoms with van der Waals surface area (Å²) in [6.07, 6.45) is 2.31. The van der Waals surface area contributed by atoms with Crippen LogP contribution in [0.2, 0.25) is 0 Å². The normalized spacial score (nSPS) is 14.6. The first-order valence-electron chi connectivity index (χ1n) is 6.90. The molecular weight excluding hydrogens is 210 g/mol. The summed E-state index contributed by atoms with van der Waals surface area (Å²) in [4.78, 5) is 4.78. The van der Waals surface area contributed by atoms with Crippen LogP contribution in [0.3, 0.4) is 0 Å². The summed E-state index contributed by atoms with van der Waals surface area (Å²) in [5.74, 6) is 0. The van der Waals surface area contributed by atoms with E-state index in [4.69, 9.17) is 5.73 Å². The molecule has 0 radical (unpaired) electrons. The van der Waals surface area contributed by atoms with Crippen LogP contribution in [0.4, 0.5) is 0 Å². The Hall–Kier alpha value is -0.120. The minimum atomic E-state index is 0.222. The number of nitrogens with zero attached hydrogens (tertiary/aromatic N) is 2. The van der Waals surface area contributed by atoms with E-state index in [1.54, 1.807) is 0 Å². The Morgan fingerprint density at radius 2 is 1.59 bits per heavy atom. The van der Waals surface area contributed by atoms with Crippen molar-refractivity contribution in [3.8, 4) is 0 Å². The van der Waals surface area contributed by atoms with Crippen molar-refractivity contribution in [3.63, 3.8) is 0 Å². The zero-order valence-corrected chi connectivity index (χ0v) is 12.8. The molecule has 0 aromatic heterocycles. The van der Waals surface area contributed by atoms with Crippen molar-refractivity contribution in [1.82, 2.24) is 9.80 Å². The Morgan fingerprint density at radius 1 is 1.00 bits per heavy atom. The maximum absolute atomic E-state index is 6.21. The molecule has 3 nitrogen and oxygen atoms in total. The van der Waals surface area contributed by atoms with Gasteiger partial charge in [-0.25, -0.2) is 0 Å². The van der Waals surface area contributed by atoms with Crippen molar-refractivity contribution in [2.75, 3.05) is 40.3 Å². The van der Waals surface area contributed by atoms with Crippen LogP contribution in [0.5, 0.6) is 0 Å². The summed E-state index contributed by atoms with van der Waals surface area (Å²) >= 11 is 0. The largest absolute Gasteiger partial charge is 0.327 e. The van der Waals surface area contributed by atoms with E-state index >= 15 is 0 Å². The van der Waals surface area contributed by atoms with Gasteiger partial charge in [-0.15, -0.1) is 0 Å². The Morgan fingerprint density at radius 3 is 2.00 bits per heavy atom. The summed E-state index contributed by atoms with van der Waals surface area (Å²) in [5, 5.41) is 0. The van der Waals surface area contributed by atoms with Crippen molar-refractivity contribution in [1.29, 1.82) is 0 Å². The molecule has 104 valence electrons. The second-order valence-electron chi connectivity index (χ2n) is 6.41. The molecule has 0 aromatic rings. The highest BCUT2D eigenvalue weighted by atomic mass is 15.2. The molecule has 0 saturated carbocycles. The Balaban J connectivity index is 3.99. The number of hydrogen-bond donors (Lipinski definition) is 1. The first kappa shape index (κ1) is 16.9. The minimum absolute atomic E-state index is 0.222. The minimum Gasteiger partial charge on any atom is -0.327 e. The quantitative estimate of drug-likeness (QED) is 0.708. The third-order valence-electron chi connectivity index (χ3n) is 3.27. The molecule has 2 N–H and O–H groups in total. The predicted molar refractivity (Wildman–Crippen MR) is 77.3 cm³/mol. The van der Waals surface area contributed by atoms with Gasteiger partial charge in [0.2, 0.25) is 0 Å². The van der Waals surface area contributed by atoms with Crippen LogP contribution in [0.25, 0.3) is 0 Å². The smallest absolute Gasteiger partial charge is 0.0109 e. The van der Waals surface area contributed by atoms with Crippen molar-refractivity contribution < 1.29 is 0 Å². The fourth-order valence-corrected chi connectivity index (χ4v) is 1.75. The van der Waals surface area contributed by atoms with Crippen LogP contribution in [0.15, 0.2) is 0 Å². The lowest BCUT2D eigenvalue weighted by molar-refractivity contribution is 0.211. The highest BCUT2D eigenvalue weighted by molar-refractivity contribution is 4.78. The zero-order valence-electron chi connectivity index (χ0n) is 12.8. The maximum atomic E-state index is 6.21. The van der Waals surface area contributed by atoms with Gasteiger partial charge in [-0.1, -0.05) is 27.7 Å². The Labute approximate surface area is 108 Å².